The fraction of sp³-hybridized carbons (Fsp3) is 0.214. The van der Waals surface area contributed by atoms with Crippen LogP contribution in [0.4, 0.5) is 10.9 Å². The third kappa shape index (κ3) is 2.74. The normalized spacial score (nSPS) is 10.9. The molecule has 0 atom stereocenters. The fourth-order valence-corrected chi connectivity index (χ4v) is 3.70. The summed E-state index contributed by atoms with van der Waals surface area (Å²) >= 11 is 2.66. The van der Waals surface area contributed by atoms with E-state index in [1.54, 1.807) is 0 Å². The maximum Gasteiger partial charge on any atom is 0.235 e. The molecular formula is C14H14N4OS2. The van der Waals surface area contributed by atoms with E-state index in [9.17, 15) is 4.79 Å². The van der Waals surface area contributed by atoms with Crippen LogP contribution >= 0.6 is 22.7 Å². The molecule has 0 aliphatic rings. The average molecular weight is 318 g/mol. The first kappa shape index (κ1) is 14.0. The Balaban J connectivity index is 1.92. The van der Waals surface area contributed by atoms with Gasteiger partial charge in [0, 0.05) is 6.54 Å². The molecule has 3 rings (SSSR count). The van der Waals surface area contributed by atoms with Crippen LogP contribution in [0.25, 0.3) is 10.2 Å². The van der Waals surface area contributed by atoms with Gasteiger partial charge in [-0.15, -0.1) is 11.3 Å². The standard InChI is InChI=1S/C14H14N4OS2/c1-2-7-16-14-18-12(15)11(21-14)10(19)13-17-8-5-3-4-6-9(8)20-13/h3-6H,2,7,15H2,1H3,(H,16,18). The largest absolute Gasteiger partial charge is 0.382 e. The monoisotopic (exact) mass is 318 g/mol. The summed E-state index contributed by atoms with van der Waals surface area (Å²) in [5.41, 5.74) is 6.69. The Kier molecular flexibility index (Phi) is 3.85. The minimum Gasteiger partial charge on any atom is -0.382 e. The Labute approximate surface area is 129 Å². The summed E-state index contributed by atoms with van der Waals surface area (Å²) < 4.78 is 0.994. The first-order valence-electron chi connectivity index (χ1n) is 6.59. The van der Waals surface area contributed by atoms with E-state index in [0.717, 1.165) is 23.2 Å². The van der Waals surface area contributed by atoms with E-state index in [0.29, 0.717) is 15.0 Å². The zero-order valence-electron chi connectivity index (χ0n) is 11.4. The van der Waals surface area contributed by atoms with Gasteiger partial charge >= 0.3 is 0 Å². The molecule has 0 aliphatic carbocycles. The summed E-state index contributed by atoms with van der Waals surface area (Å²) in [6.45, 7) is 2.87. The summed E-state index contributed by atoms with van der Waals surface area (Å²) in [4.78, 5) is 21.5. The number of nitrogen functional groups attached to an aromatic ring is 1. The number of hydrogen-bond donors (Lipinski definition) is 2. The Bertz CT molecular complexity index is 760. The topological polar surface area (TPSA) is 80.9 Å². The third-order valence-corrected chi connectivity index (χ3v) is 4.94. The number of aromatic nitrogens is 2. The second-order valence-electron chi connectivity index (χ2n) is 4.48. The predicted molar refractivity (Wildman–Crippen MR) is 88.4 cm³/mol. The maximum absolute atomic E-state index is 12.5. The van der Waals surface area contributed by atoms with Crippen molar-refractivity contribution in [3.63, 3.8) is 0 Å². The molecule has 108 valence electrons. The molecule has 0 saturated heterocycles. The molecule has 0 spiro atoms. The number of nitrogens with one attached hydrogen (secondary N) is 1. The SMILES string of the molecule is CCCNc1nc(N)c(C(=O)c2nc3ccccc3s2)s1. The number of benzene rings is 1. The molecule has 0 unspecified atom stereocenters. The number of anilines is 2. The highest BCUT2D eigenvalue weighted by molar-refractivity contribution is 7.22. The average Bonchev–Trinajstić information content (AvgIpc) is 3.07. The summed E-state index contributed by atoms with van der Waals surface area (Å²) in [5.74, 6) is 0.110. The quantitative estimate of drug-likeness (QED) is 0.705. The number of nitrogens with zero attached hydrogens (tertiary/aromatic N) is 2. The summed E-state index contributed by atoms with van der Waals surface area (Å²) in [6.07, 6.45) is 0.987. The number of rotatable bonds is 5. The first-order valence-corrected chi connectivity index (χ1v) is 8.22. The number of para-hydroxylation sites is 1. The van der Waals surface area contributed by atoms with Gasteiger partial charge in [-0.1, -0.05) is 30.4 Å². The highest BCUT2D eigenvalue weighted by atomic mass is 32.1. The van der Waals surface area contributed by atoms with Crippen molar-refractivity contribution in [2.24, 2.45) is 0 Å². The minimum atomic E-state index is -0.157. The zero-order chi connectivity index (χ0) is 14.8. The van der Waals surface area contributed by atoms with Gasteiger partial charge < -0.3 is 11.1 Å². The van der Waals surface area contributed by atoms with E-state index in [2.05, 4.69) is 22.2 Å². The van der Waals surface area contributed by atoms with Gasteiger partial charge in [0.25, 0.3) is 0 Å². The predicted octanol–water partition coefficient (Wildman–Crippen LogP) is 3.39. The van der Waals surface area contributed by atoms with Crippen LogP contribution in [0.15, 0.2) is 24.3 Å². The van der Waals surface area contributed by atoms with Crippen molar-refractivity contribution in [1.82, 2.24) is 9.97 Å². The van der Waals surface area contributed by atoms with Crippen LogP contribution in [0.3, 0.4) is 0 Å². The molecule has 0 aliphatic heterocycles. The third-order valence-electron chi connectivity index (χ3n) is 2.87. The van der Waals surface area contributed by atoms with Crippen molar-refractivity contribution in [2.75, 3.05) is 17.6 Å². The van der Waals surface area contributed by atoms with Crippen LogP contribution in [-0.4, -0.2) is 22.3 Å². The second-order valence-corrected chi connectivity index (χ2v) is 6.51. The lowest BCUT2D eigenvalue weighted by atomic mass is 10.3. The fourth-order valence-electron chi connectivity index (χ4n) is 1.87. The first-order chi connectivity index (χ1) is 10.2. The molecule has 0 amide bonds. The van der Waals surface area contributed by atoms with Crippen molar-refractivity contribution in [3.05, 3.63) is 34.2 Å². The number of thiazole rings is 2. The number of fused-ring (bicyclic) bond motifs is 1. The molecule has 7 heteroatoms. The van der Waals surface area contributed by atoms with E-state index in [-0.39, 0.29) is 11.6 Å². The van der Waals surface area contributed by atoms with Gasteiger partial charge in [-0.05, 0) is 18.6 Å². The van der Waals surface area contributed by atoms with E-state index in [4.69, 9.17) is 5.73 Å². The molecule has 1 aromatic carbocycles. The molecular weight excluding hydrogens is 304 g/mol. The van der Waals surface area contributed by atoms with E-state index in [1.807, 2.05) is 24.3 Å². The Hall–Kier alpha value is -1.99. The molecule has 3 N–H and O–H groups in total. The molecule has 0 radical (unpaired) electrons. The Morgan fingerprint density at radius 3 is 2.86 bits per heavy atom. The highest BCUT2D eigenvalue weighted by Gasteiger charge is 2.21. The molecule has 0 saturated carbocycles. The summed E-state index contributed by atoms with van der Waals surface area (Å²) in [7, 11) is 0. The van der Waals surface area contributed by atoms with Crippen molar-refractivity contribution >= 4 is 49.6 Å². The molecule has 3 aromatic rings. The van der Waals surface area contributed by atoms with Crippen LogP contribution < -0.4 is 11.1 Å². The van der Waals surface area contributed by atoms with E-state index >= 15 is 0 Å². The molecule has 0 bridgehead atoms. The van der Waals surface area contributed by atoms with Gasteiger partial charge in [0.1, 0.15) is 10.7 Å². The van der Waals surface area contributed by atoms with Crippen LogP contribution in [-0.2, 0) is 0 Å². The smallest absolute Gasteiger partial charge is 0.235 e. The van der Waals surface area contributed by atoms with Gasteiger partial charge in [0.05, 0.1) is 10.2 Å². The molecule has 0 fully saturated rings. The van der Waals surface area contributed by atoms with Crippen molar-refractivity contribution in [3.8, 4) is 0 Å². The van der Waals surface area contributed by atoms with Crippen LogP contribution in [0.1, 0.15) is 28.0 Å². The second kappa shape index (κ2) is 5.79. The van der Waals surface area contributed by atoms with Crippen LogP contribution in [0.5, 0.6) is 0 Å². The lowest BCUT2D eigenvalue weighted by molar-refractivity contribution is 0.104. The lowest BCUT2D eigenvalue weighted by Crippen LogP contribution is -2.01. The number of carbonyl (C=O) groups excluding carboxylic acids is 1. The minimum absolute atomic E-state index is 0.157. The highest BCUT2D eigenvalue weighted by Crippen LogP contribution is 2.30. The number of carbonyl (C=O) groups is 1. The Morgan fingerprint density at radius 1 is 1.29 bits per heavy atom. The van der Waals surface area contributed by atoms with Gasteiger partial charge in [-0.3, -0.25) is 4.79 Å². The number of nitrogens with two attached hydrogens (primary N) is 1. The maximum atomic E-state index is 12.5. The number of hydrogen-bond acceptors (Lipinski definition) is 7. The number of ketones is 1. The van der Waals surface area contributed by atoms with E-state index < -0.39 is 0 Å². The Morgan fingerprint density at radius 2 is 2.10 bits per heavy atom. The summed E-state index contributed by atoms with van der Waals surface area (Å²) in [6, 6.07) is 7.69. The molecule has 2 aromatic heterocycles. The van der Waals surface area contributed by atoms with Gasteiger partial charge in [-0.2, -0.15) is 0 Å². The van der Waals surface area contributed by atoms with Crippen molar-refractivity contribution in [2.45, 2.75) is 13.3 Å². The van der Waals surface area contributed by atoms with Crippen molar-refractivity contribution < 1.29 is 4.79 Å². The lowest BCUT2D eigenvalue weighted by Gasteiger charge is -1.96. The van der Waals surface area contributed by atoms with Gasteiger partial charge in [0.15, 0.2) is 10.1 Å². The zero-order valence-corrected chi connectivity index (χ0v) is 13.1. The summed E-state index contributed by atoms with van der Waals surface area (Å²) in [5, 5.41) is 4.28. The van der Waals surface area contributed by atoms with Gasteiger partial charge in [0.2, 0.25) is 5.78 Å². The molecule has 21 heavy (non-hydrogen) atoms. The molecule has 5 nitrogen and oxygen atoms in total. The van der Waals surface area contributed by atoms with Gasteiger partial charge in [-0.25, -0.2) is 9.97 Å². The molecule has 2 heterocycles. The van der Waals surface area contributed by atoms with Crippen LogP contribution in [0, 0.1) is 0 Å². The van der Waals surface area contributed by atoms with Crippen molar-refractivity contribution in [1.29, 1.82) is 0 Å². The van der Waals surface area contributed by atoms with E-state index in [1.165, 1.54) is 22.7 Å². The van der Waals surface area contributed by atoms with Crippen LogP contribution in [0.2, 0.25) is 0 Å².